The highest BCUT2D eigenvalue weighted by atomic mass is 35.5. The number of carboxylic acids is 2. The summed E-state index contributed by atoms with van der Waals surface area (Å²) >= 11 is 11.6. The number of ether oxygens (including phenoxy) is 4. The van der Waals surface area contributed by atoms with Gasteiger partial charge in [0.25, 0.3) is 0 Å². The maximum atomic E-state index is 15.5. The Morgan fingerprint density at radius 3 is 1.29 bits per heavy atom. The van der Waals surface area contributed by atoms with Gasteiger partial charge in [0, 0.05) is 69.4 Å². The molecule has 12 rings (SSSR count). The maximum absolute atomic E-state index is 15.5. The summed E-state index contributed by atoms with van der Waals surface area (Å²) in [6.07, 6.45) is 2.57. The van der Waals surface area contributed by atoms with E-state index in [1.165, 1.54) is 73.1 Å². The summed E-state index contributed by atoms with van der Waals surface area (Å²) in [5, 5.41) is 19.5. The van der Waals surface area contributed by atoms with Crippen LogP contribution in [-0.2, 0) is 35.5 Å². The highest BCUT2D eigenvalue weighted by Gasteiger charge is 2.32. The highest BCUT2D eigenvalue weighted by Crippen LogP contribution is 2.36. The first kappa shape index (κ1) is 58.8. The van der Waals surface area contributed by atoms with Crippen LogP contribution in [0.3, 0.4) is 0 Å². The van der Waals surface area contributed by atoms with Crippen molar-refractivity contribution >= 4 is 57.2 Å². The molecular weight excluding hydrogens is 1170 g/mol. The molecule has 6 heterocycles. The second kappa shape index (κ2) is 24.9. The second-order valence-electron chi connectivity index (χ2n) is 20.7. The van der Waals surface area contributed by atoms with Gasteiger partial charge in [-0.3, -0.25) is 0 Å². The topological polar surface area (TPSA) is 199 Å². The number of nitrogens with zero attached hydrogens (tertiary/aromatic N) is 8. The van der Waals surface area contributed by atoms with E-state index >= 15 is 17.6 Å². The van der Waals surface area contributed by atoms with Crippen molar-refractivity contribution in [1.29, 1.82) is 0 Å². The van der Waals surface area contributed by atoms with Crippen LogP contribution in [-0.4, -0.2) is 87.6 Å². The van der Waals surface area contributed by atoms with Gasteiger partial charge in [-0.05, 0) is 108 Å². The van der Waals surface area contributed by atoms with Gasteiger partial charge in [0.1, 0.15) is 59.8 Å². The molecule has 10 aromatic rings. The lowest BCUT2D eigenvalue weighted by molar-refractivity contribution is 0.0686. The zero-order chi connectivity index (χ0) is 60.5. The first-order chi connectivity index (χ1) is 41.3. The Morgan fingerprint density at radius 1 is 0.512 bits per heavy atom. The zero-order valence-corrected chi connectivity index (χ0v) is 47.0. The predicted octanol–water partition coefficient (Wildman–Crippen LogP) is 13.3. The summed E-state index contributed by atoms with van der Waals surface area (Å²) in [6, 6.07) is 24.0. The molecule has 2 saturated heterocycles. The summed E-state index contributed by atoms with van der Waals surface area (Å²) in [6.45, 7) is 5.43. The van der Waals surface area contributed by atoms with Gasteiger partial charge < -0.3 is 38.3 Å². The van der Waals surface area contributed by atoms with E-state index in [9.17, 15) is 28.6 Å². The number of benzene rings is 6. The first-order valence-corrected chi connectivity index (χ1v) is 27.5. The Balaban J connectivity index is 0.000000179. The normalized spacial score (nSPS) is 16.6. The van der Waals surface area contributed by atoms with Crippen LogP contribution in [0.4, 0.5) is 26.3 Å². The molecule has 2 aliphatic rings. The third-order valence-corrected chi connectivity index (χ3v) is 15.3. The molecule has 86 heavy (non-hydrogen) atoms. The van der Waals surface area contributed by atoms with Gasteiger partial charge in [-0.25, -0.2) is 55.9 Å². The van der Waals surface area contributed by atoms with E-state index in [0.29, 0.717) is 60.1 Å². The number of halogens is 8. The van der Waals surface area contributed by atoms with Gasteiger partial charge in [-0.1, -0.05) is 49.2 Å². The molecule has 4 aromatic heterocycles. The van der Waals surface area contributed by atoms with E-state index in [4.69, 9.17) is 42.1 Å². The number of carbonyl (C=O) groups is 2. The van der Waals surface area contributed by atoms with Crippen LogP contribution in [0, 0.1) is 46.7 Å². The molecular formula is C62H48Cl2F6N8O8. The smallest absolute Gasteiger partial charge is 0.335 e. The Morgan fingerprint density at radius 2 is 0.919 bits per heavy atom. The largest absolute Gasteiger partial charge is 0.478 e. The van der Waals surface area contributed by atoms with Crippen LogP contribution in [0.5, 0.6) is 12.0 Å². The number of aromatic carboxylic acids is 2. The Bertz CT molecular complexity index is 4000. The van der Waals surface area contributed by atoms with Gasteiger partial charge in [-0.2, -0.15) is 9.97 Å². The Labute approximate surface area is 495 Å². The maximum Gasteiger partial charge on any atom is 0.335 e. The summed E-state index contributed by atoms with van der Waals surface area (Å²) in [7, 11) is 0. The quantitative estimate of drug-likeness (QED) is 0.0866. The number of fused-ring (bicyclic) bond motifs is 2. The fourth-order valence-corrected chi connectivity index (χ4v) is 10.7. The minimum absolute atomic E-state index is 0.0475. The Hall–Kier alpha value is -8.96. The van der Waals surface area contributed by atoms with Crippen molar-refractivity contribution in [3.8, 4) is 34.5 Å². The summed E-state index contributed by atoms with van der Waals surface area (Å²) in [4.78, 5) is 48.9. The fraction of sp³-hybridized carbons (Fsp3) is 0.226. The number of rotatable bonds is 16. The molecule has 0 saturated carbocycles. The van der Waals surface area contributed by atoms with Crippen LogP contribution < -0.4 is 9.47 Å². The lowest BCUT2D eigenvalue weighted by Gasteiger charge is -2.20. The molecule has 440 valence electrons. The fourth-order valence-electron chi connectivity index (χ4n) is 10.4. The summed E-state index contributed by atoms with van der Waals surface area (Å²) < 4.78 is 116. The van der Waals surface area contributed by atoms with Crippen LogP contribution in [0.15, 0.2) is 122 Å². The molecule has 0 spiro atoms. The van der Waals surface area contributed by atoms with Crippen molar-refractivity contribution in [3.63, 3.8) is 0 Å². The highest BCUT2D eigenvalue weighted by molar-refractivity contribution is 6.30. The molecule has 0 aliphatic carbocycles. The SMILES string of the molecule is C[C@H]1COC[C@H]1n1c(Cc2cc(F)c(-c3ccnc(OCc4ccc(Cl)cc4F)n3)cc2F)nc2ccc(C(=O)O)cc21.C[C@H]1COC[C@H]1n1c(Cc2cc(F)c(-c3ccnc(OCc4ccc(Cl)cc4F)n3)cc2F)nc2ccc(C(=O)O)cc21. The van der Waals surface area contributed by atoms with Crippen LogP contribution in [0.2, 0.25) is 10.0 Å². The van der Waals surface area contributed by atoms with Crippen LogP contribution in [0.25, 0.3) is 44.6 Å². The zero-order valence-electron chi connectivity index (χ0n) is 45.5. The number of imidazole rings is 2. The predicted molar refractivity (Wildman–Crippen MR) is 303 cm³/mol. The van der Waals surface area contributed by atoms with Gasteiger partial charge in [0.15, 0.2) is 0 Å². The summed E-state index contributed by atoms with van der Waals surface area (Å²) in [5.41, 5.74) is 2.97. The van der Waals surface area contributed by atoms with Crippen molar-refractivity contribution in [3.05, 3.63) is 212 Å². The lowest BCUT2D eigenvalue weighted by Crippen LogP contribution is -2.18. The lowest BCUT2D eigenvalue weighted by atomic mass is 10.0. The summed E-state index contributed by atoms with van der Waals surface area (Å²) in [5.74, 6) is -4.97. The molecule has 24 heteroatoms. The first-order valence-electron chi connectivity index (χ1n) is 26.8. The molecule has 6 aromatic carbocycles. The van der Waals surface area contributed by atoms with Crippen LogP contribution in [0.1, 0.15) is 80.5 Å². The van der Waals surface area contributed by atoms with E-state index in [2.05, 4.69) is 29.9 Å². The molecule has 4 atom stereocenters. The van der Waals surface area contributed by atoms with Gasteiger partial charge in [0.2, 0.25) is 0 Å². The molecule has 0 amide bonds. The third-order valence-electron chi connectivity index (χ3n) is 14.9. The average molecular weight is 1220 g/mol. The molecule has 2 fully saturated rings. The minimum Gasteiger partial charge on any atom is -0.478 e. The third kappa shape index (κ3) is 12.6. The minimum atomic E-state index is -1.08. The van der Waals surface area contributed by atoms with E-state index in [1.54, 1.807) is 12.1 Å². The number of hydrogen-bond donors (Lipinski definition) is 2. The van der Waals surface area contributed by atoms with Crippen molar-refractivity contribution < 1.29 is 65.1 Å². The van der Waals surface area contributed by atoms with Crippen molar-refractivity contribution in [1.82, 2.24) is 39.0 Å². The molecule has 0 unspecified atom stereocenters. The van der Waals surface area contributed by atoms with Crippen molar-refractivity contribution in [2.24, 2.45) is 11.8 Å². The van der Waals surface area contributed by atoms with Gasteiger partial charge >= 0.3 is 24.0 Å². The second-order valence-corrected chi connectivity index (χ2v) is 21.5. The van der Waals surface area contributed by atoms with E-state index in [-0.39, 0.29) is 128 Å². The number of carboxylic acid groups (broad SMARTS) is 2. The molecule has 2 N–H and O–H groups in total. The van der Waals surface area contributed by atoms with Crippen molar-refractivity contribution in [2.75, 3.05) is 26.4 Å². The van der Waals surface area contributed by atoms with Gasteiger partial charge in [-0.15, -0.1) is 0 Å². The number of hydrogen-bond acceptors (Lipinski definition) is 12. The Kier molecular flexibility index (Phi) is 17.0. The van der Waals surface area contributed by atoms with E-state index in [1.807, 2.05) is 23.0 Å². The monoisotopic (exact) mass is 1220 g/mol. The molecule has 0 radical (unpaired) electrons. The van der Waals surface area contributed by atoms with Gasteiger partial charge in [0.05, 0.1) is 83.1 Å². The van der Waals surface area contributed by atoms with Crippen molar-refractivity contribution in [2.45, 2.75) is 52.0 Å². The van der Waals surface area contributed by atoms with Crippen LogP contribution >= 0.6 is 23.2 Å². The molecule has 2 aliphatic heterocycles. The number of aromatic nitrogens is 8. The molecule has 0 bridgehead atoms. The standard InChI is InChI=1S/2C31H24ClF3N4O4/c2*1-16-13-42-15-28(16)39-27-9-17(30(40)41)3-5-26(27)37-29(39)10-19-8-24(35)21(12-23(19)34)25-6-7-36-31(38-25)43-14-18-2-4-20(32)11-22(18)33/h2*2-9,11-12,16,28H,10,13-15H2,1H3,(H,40,41)/t2*16-,28+/m00/s1. The average Bonchev–Trinajstić information content (AvgIpc) is 1.76. The van der Waals surface area contributed by atoms with E-state index < -0.39 is 46.8 Å². The molecule has 16 nitrogen and oxygen atoms in total. The van der Waals surface area contributed by atoms with E-state index in [0.717, 1.165) is 36.4 Å².